The Labute approximate surface area is 105 Å². The maximum absolute atomic E-state index is 11.3. The Morgan fingerprint density at radius 1 is 1.59 bits per heavy atom. The van der Waals surface area contributed by atoms with Gasteiger partial charge in [-0.1, -0.05) is 0 Å². The molecule has 0 bridgehead atoms. The average Bonchev–Trinajstić information content (AvgIpc) is 2.97. The molecule has 2 aliphatic heterocycles. The number of rotatable bonds is 3. The molecule has 0 saturated carbocycles. The molecule has 0 aromatic carbocycles. The molecule has 1 saturated heterocycles. The number of nitrogens with zero attached hydrogens (tertiary/aromatic N) is 1. The largest absolute Gasteiger partial charge is 0.380 e. The Bertz CT molecular complexity index is 409. The maximum Gasteiger partial charge on any atom is 0.129 e. The molecule has 3 rings (SSSR count). The fourth-order valence-electron chi connectivity index (χ4n) is 2.77. The Kier molecular flexibility index (Phi) is 3.03. The molecule has 2 aliphatic rings. The summed E-state index contributed by atoms with van der Waals surface area (Å²) in [7, 11) is 0. The van der Waals surface area contributed by atoms with Gasteiger partial charge in [-0.25, -0.2) is 0 Å². The molecule has 0 radical (unpaired) electrons. The van der Waals surface area contributed by atoms with E-state index in [1.807, 2.05) is 11.3 Å². The fraction of sp³-hybridized carbons (Fsp3) is 0.615. The molecule has 4 heteroatoms. The van der Waals surface area contributed by atoms with Crippen LogP contribution in [0.2, 0.25) is 0 Å². The molecule has 92 valence electrons. The third-order valence-electron chi connectivity index (χ3n) is 3.81. The Balaban J connectivity index is 1.69. The number of aldehydes is 1. The van der Waals surface area contributed by atoms with Crippen LogP contribution in [0.5, 0.6) is 0 Å². The molecule has 0 amide bonds. The number of carbonyl (C=O) groups excluding carboxylic acids is 1. The van der Waals surface area contributed by atoms with Crippen LogP contribution in [0.25, 0.3) is 0 Å². The van der Waals surface area contributed by atoms with Crippen molar-refractivity contribution in [3.63, 3.8) is 0 Å². The zero-order chi connectivity index (χ0) is 11.7. The molecule has 1 aromatic heterocycles. The first kappa shape index (κ1) is 11.4. The average molecular weight is 251 g/mol. The monoisotopic (exact) mass is 251 g/mol. The van der Waals surface area contributed by atoms with Crippen LogP contribution in [0.4, 0.5) is 0 Å². The summed E-state index contributed by atoms with van der Waals surface area (Å²) in [5.41, 5.74) is 1.20. The molecule has 1 unspecified atom stereocenters. The highest BCUT2D eigenvalue weighted by atomic mass is 32.1. The van der Waals surface area contributed by atoms with Crippen molar-refractivity contribution in [1.29, 1.82) is 0 Å². The number of thiophene rings is 1. The van der Waals surface area contributed by atoms with Crippen molar-refractivity contribution < 1.29 is 9.53 Å². The summed E-state index contributed by atoms with van der Waals surface area (Å²) in [6.07, 6.45) is 3.12. The lowest BCUT2D eigenvalue weighted by atomic mass is 9.88. The van der Waals surface area contributed by atoms with Gasteiger partial charge >= 0.3 is 0 Å². The Morgan fingerprint density at radius 2 is 2.53 bits per heavy atom. The first-order chi connectivity index (χ1) is 8.31. The third-order valence-corrected chi connectivity index (χ3v) is 4.83. The van der Waals surface area contributed by atoms with Crippen molar-refractivity contribution in [2.75, 3.05) is 26.3 Å². The molecule has 0 spiro atoms. The van der Waals surface area contributed by atoms with E-state index in [1.165, 1.54) is 10.4 Å². The lowest BCUT2D eigenvalue weighted by Crippen LogP contribution is -2.41. The minimum Gasteiger partial charge on any atom is -0.380 e. The van der Waals surface area contributed by atoms with Gasteiger partial charge in [0.25, 0.3) is 0 Å². The van der Waals surface area contributed by atoms with Crippen LogP contribution in [0.15, 0.2) is 11.4 Å². The lowest BCUT2D eigenvalue weighted by Gasteiger charge is -2.32. The smallest absolute Gasteiger partial charge is 0.129 e. The van der Waals surface area contributed by atoms with Gasteiger partial charge in [0.1, 0.15) is 6.29 Å². The summed E-state index contributed by atoms with van der Waals surface area (Å²) >= 11 is 1.85. The second-order valence-corrected chi connectivity index (χ2v) is 6.11. The Hall–Kier alpha value is -0.710. The number of fused-ring (bicyclic) bond motifs is 1. The van der Waals surface area contributed by atoms with E-state index in [9.17, 15) is 4.79 Å². The number of ether oxygens (including phenoxy) is 1. The van der Waals surface area contributed by atoms with Crippen molar-refractivity contribution in [3.8, 4) is 0 Å². The van der Waals surface area contributed by atoms with Crippen molar-refractivity contribution in [2.24, 2.45) is 5.41 Å². The lowest BCUT2D eigenvalue weighted by molar-refractivity contribution is -0.117. The summed E-state index contributed by atoms with van der Waals surface area (Å²) in [5, 5.41) is 2.17. The van der Waals surface area contributed by atoms with Gasteiger partial charge in [0.15, 0.2) is 0 Å². The summed E-state index contributed by atoms with van der Waals surface area (Å²) in [6.45, 7) is 4.25. The van der Waals surface area contributed by atoms with E-state index in [2.05, 4.69) is 16.3 Å². The van der Waals surface area contributed by atoms with E-state index >= 15 is 0 Å². The van der Waals surface area contributed by atoms with Crippen LogP contribution >= 0.6 is 11.3 Å². The third kappa shape index (κ3) is 2.17. The van der Waals surface area contributed by atoms with E-state index in [1.54, 1.807) is 0 Å². The molecular formula is C13H17NO2S. The van der Waals surface area contributed by atoms with Crippen LogP contribution in [0, 0.1) is 5.41 Å². The number of carbonyl (C=O) groups is 1. The fourth-order valence-corrected chi connectivity index (χ4v) is 3.65. The van der Waals surface area contributed by atoms with E-state index in [0.29, 0.717) is 6.61 Å². The first-order valence-electron chi connectivity index (χ1n) is 6.13. The molecular weight excluding hydrogens is 234 g/mol. The van der Waals surface area contributed by atoms with Crippen molar-refractivity contribution in [2.45, 2.75) is 19.4 Å². The van der Waals surface area contributed by atoms with E-state index in [4.69, 9.17) is 4.74 Å². The standard InChI is InChI=1S/C13H17NO2S/c15-9-13(3-5-16-10-13)8-14-4-1-12-11(7-14)2-6-17-12/h2,6,9H,1,3-5,7-8,10H2. The molecule has 0 N–H and O–H groups in total. The molecule has 0 aliphatic carbocycles. The molecule has 3 heterocycles. The summed E-state index contributed by atoms with van der Waals surface area (Å²) in [6, 6.07) is 2.21. The minimum absolute atomic E-state index is 0.243. The van der Waals surface area contributed by atoms with Gasteiger partial charge in [-0.2, -0.15) is 0 Å². The first-order valence-corrected chi connectivity index (χ1v) is 7.01. The van der Waals surface area contributed by atoms with Gasteiger partial charge in [-0.05, 0) is 29.9 Å². The van der Waals surface area contributed by atoms with Crippen LogP contribution in [0.3, 0.4) is 0 Å². The summed E-state index contributed by atoms with van der Waals surface area (Å²) < 4.78 is 5.39. The van der Waals surface area contributed by atoms with Crippen molar-refractivity contribution in [1.82, 2.24) is 4.90 Å². The van der Waals surface area contributed by atoms with Crippen molar-refractivity contribution >= 4 is 17.6 Å². The topological polar surface area (TPSA) is 29.5 Å². The van der Waals surface area contributed by atoms with Crippen LogP contribution < -0.4 is 0 Å². The minimum atomic E-state index is -0.243. The molecule has 1 aromatic rings. The zero-order valence-corrected chi connectivity index (χ0v) is 10.7. The predicted molar refractivity (Wildman–Crippen MR) is 67.2 cm³/mol. The van der Waals surface area contributed by atoms with Gasteiger partial charge in [0.2, 0.25) is 0 Å². The molecule has 1 fully saturated rings. The van der Waals surface area contributed by atoms with E-state index in [-0.39, 0.29) is 5.41 Å². The molecule has 1 atom stereocenters. The zero-order valence-electron chi connectivity index (χ0n) is 9.85. The second kappa shape index (κ2) is 4.52. The van der Waals surface area contributed by atoms with Gasteiger partial charge in [-0.15, -0.1) is 11.3 Å². The number of hydrogen-bond donors (Lipinski definition) is 0. The van der Waals surface area contributed by atoms with Gasteiger partial charge in [0.05, 0.1) is 12.0 Å². The second-order valence-electron chi connectivity index (χ2n) is 5.11. The Morgan fingerprint density at radius 3 is 3.29 bits per heavy atom. The highest BCUT2D eigenvalue weighted by Gasteiger charge is 2.37. The van der Waals surface area contributed by atoms with Crippen LogP contribution in [-0.2, 0) is 22.5 Å². The van der Waals surface area contributed by atoms with Gasteiger partial charge in [0, 0.05) is 31.1 Å². The van der Waals surface area contributed by atoms with E-state index < -0.39 is 0 Å². The maximum atomic E-state index is 11.3. The van der Waals surface area contributed by atoms with Crippen LogP contribution in [-0.4, -0.2) is 37.5 Å². The molecule has 17 heavy (non-hydrogen) atoms. The summed E-state index contributed by atoms with van der Waals surface area (Å²) in [4.78, 5) is 15.2. The predicted octanol–water partition coefficient (Wildman–Crippen LogP) is 1.71. The molecule has 3 nitrogen and oxygen atoms in total. The van der Waals surface area contributed by atoms with E-state index in [0.717, 1.165) is 45.4 Å². The summed E-state index contributed by atoms with van der Waals surface area (Å²) in [5.74, 6) is 0. The normalized spacial score (nSPS) is 29.2. The van der Waals surface area contributed by atoms with Crippen LogP contribution in [0.1, 0.15) is 16.9 Å². The SMILES string of the molecule is O=CC1(CN2CCc3sccc3C2)CCOC1. The quantitative estimate of drug-likeness (QED) is 0.766. The highest BCUT2D eigenvalue weighted by molar-refractivity contribution is 7.10. The van der Waals surface area contributed by atoms with Gasteiger partial charge < -0.3 is 9.53 Å². The van der Waals surface area contributed by atoms with Crippen molar-refractivity contribution in [3.05, 3.63) is 21.9 Å². The highest BCUT2D eigenvalue weighted by Crippen LogP contribution is 2.30. The number of hydrogen-bond acceptors (Lipinski definition) is 4. The van der Waals surface area contributed by atoms with Gasteiger partial charge in [-0.3, -0.25) is 4.90 Å².